The molecule has 0 saturated carbocycles. The third-order valence-corrected chi connectivity index (χ3v) is 4.13. The fraction of sp³-hybridized carbons (Fsp3) is 0.267. The maximum absolute atomic E-state index is 12.1. The Labute approximate surface area is 125 Å². The van der Waals surface area contributed by atoms with Gasteiger partial charge in [-0.15, -0.1) is 0 Å². The van der Waals surface area contributed by atoms with E-state index in [0.29, 0.717) is 29.0 Å². The molecule has 1 atom stereocenters. The number of likely N-dealkylation sites (N-methyl/N-ethyl adjacent to an activating group) is 1. The summed E-state index contributed by atoms with van der Waals surface area (Å²) < 4.78 is 6.15. The summed E-state index contributed by atoms with van der Waals surface area (Å²) in [6, 6.07) is 11.0. The number of hydrogen-bond acceptors (Lipinski definition) is 3. The number of hydrogen-bond donors (Lipinski definition) is 1. The van der Waals surface area contributed by atoms with E-state index in [1.165, 1.54) is 0 Å². The van der Waals surface area contributed by atoms with Crippen molar-refractivity contribution in [2.24, 2.45) is 0 Å². The second-order valence-electron chi connectivity index (χ2n) is 5.02. The molecular formula is C15H14BrNO3. The van der Waals surface area contributed by atoms with E-state index in [4.69, 9.17) is 4.42 Å². The molecule has 1 saturated heterocycles. The van der Waals surface area contributed by atoms with E-state index in [1.54, 1.807) is 18.0 Å². The summed E-state index contributed by atoms with van der Waals surface area (Å²) >= 11 is 3.27. The molecule has 1 aromatic carbocycles. The largest absolute Gasteiger partial charge is 0.449 e. The Morgan fingerprint density at radius 1 is 1.35 bits per heavy atom. The molecule has 0 unspecified atom stereocenters. The van der Waals surface area contributed by atoms with Crippen molar-refractivity contribution < 1.29 is 14.3 Å². The number of amides is 1. The van der Waals surface area contributed by atoms with Crippen LogP contribution in [0.15, 0.2) is 45.5 Å². The van der Waals surface area contributed by atoms with E-state index in [2.05, 4.69) is 15.9 Å². The number of carbonyl (C=O) groups excluding carboxylic acids is 1. The van der Waals surface area contributed by atoms with Crippen LogP contribution in [0, 0.1) is 0 Å². The minimum Gasteiger partial charge on any atom is -0.449 e. The Morgan fingerprint density at radius 2 is 2.15 bits per heavy atom. The zero-order valence-electron chi connectivity index (χ0n) is 11.0. The molecule has 1 fully saturated rings. The Hall–Kier alpha value is -1.59. The summed E-state index contributed by atoms with van der Waals surface area (Å²) in [6.45, 7) is 0.561. The SMILES string of the molecule is CN1CC[C@@](O)(c2cccc(-c3ccc(Br)o3)c2)C1=O. The summed E-state index contributed by atoms with van der Waals surface area (Å²) in [5.41, 5.74) is 0.0232. The number of rotatable bonds is 2. The van der Waals surface area contributed by atoms with Gasteiger partial charge in [0.15, 0.2) is 10.3 Å². The maximum atomic E-state index is 12.1. The fourth-order valence-corrected chi connectivity index (χ4v) is 2.83. The highest BCUT2D eigenvalue weighted by molar-refractivity contribution is 9.10. The highest BCUT2D eigenvalue weighted by atomic mass is 79.9. The van der Waals surface area contributed by atoms with E-state index < -0.39 is 5.60 Å². The minimum atomic E-state index is -1.42. The molecule has 0 radical (unpaired) electrons. The Morgan fingerprint density at radius 3 is 2.75 bits per heavy atom. The van der Waals surface area contributed by atoms with Crippen molar-refractivity contribution in [1.29, 1.82) is 0 Å². The summed E-state index contributed by atoms with van der Waals surface area (Å²) in [5, 5.41) is 10.6. The highest BCUT2D eigenvalue weighted by Gasteiger charge is 2.45. The van der Waals surface area contributed by atoms with Gasteiger partial charge in [0.25, 0.3) is 5.91 Å². The van der Waals surface area contributed by atoms with Gasteiger partial charge in [0.05, 0.1) is 0 Å². The molecule has 0 aliphatic carbocycles. The highest BCUT2D eigenvalue weighted by Crippen LogP contribution is 2.35. The molecule has 1 N–H and O–H groups in total. The van der Waals surface area contributed by atoms with E-state index >= 15 is 0 Å². The molecule has 2 aromatic rings. The van der Waals surface area contributed by atoms with Crippen molar-refractivity contribution in [3.05, 3.63) is 46.6 Å². The monoisotopic (exact) mass is 335 g/mol. The quantitative estimate of drug-likeness (QED) is 0.918. The van der Waals surface area contributed by atoms with E-state index in [0.717, 1.165) is 5.56 Å². The van der Waals surface area contributed by atoms with Crippen LogP contribution in [0.5, 0.6) is 0 Å². The molecule has 2 heterocycles. The molecule has 0 bridgehead atoms. The van der Waals surface area contributed by atoms with Crippen molar-refractivity contribution in [3.8, 4) is 11.3 Å². The standard InChI is InChI=1S/C15H14BrNO3/c1-17-8-7-15(19,14(17)18)11-4-2-3-10(9-11)12-5-6-13(16)20-12/h2-6,9,19H,7-8H2,1H3/t15-/m1/s1. The van der Waals surface area contributed by atoms with Crippen molar-refractivity contribution in [2.75, 3.05) is 13.6 Å². The van der Waals surface area contributed by atoms with Crippen LogP contribution in [0.4, 0.5) is 0 Å². The minimum absolute atomic E-state index is 0.254. The summed E-state index contributed by atoms with van der Waals surface area (Å²) in [4.78, 5) is 13.7. The first-order valence-electron chi connectivity index (χ1n) is 6.35. The molecule has 104 valence electrons. The lowest BCUT2D eigenvalue weighted by molar-refractivity contribution is -0.143. The lowest BCUT2D eigenvalue weighted by Gasteiger charge is -2.21. The average molecular weight is 336 g/mol. The number of halogens is 1. The van der Waals surface area contributed by atoms with Gasteiger partial charge in [-0.05, 0) is 39.7 Å². The van der Waals surface area contributed by atoms with Gasteiger partial charge in [0.2, 0.25) is 0 Å². The third kappa shape index (κ3) is 2.07. The lowest BCUT2D eigenvalue weighted by atomic mass is 9.91. The Bertz CT molecular complexity index is 667. The van der Waals surface area contributed by atoms with Crippen LogP contribution in [0.25, 0.3) is 11.3 Å². The van der Waals surface area contributed by atoms with Crippen molar-refractivity contribution >= 4 is 21.8 Å². The molecule has 3 rings (SSSR count). The van der Waals surface area contributed by atoms with E-state index in [9.17, 15) is 9.90 Å². The number of nitrogens with zero attached hydrogens (tertiary/aromatic N) is 1. The first-order valence-corrected chi connectivity index (χ1v) is 7.14. The summed E-state index contributed by atoms with van der Waals surface area (Å²) in [6.07, 6.45) is 0.410. The van der Waals surface area contributed by atoms with Crippen LogP contribution < -0.4 is 0 Å². The predicted molar refractivity (Wildman–Crippen MR) is 78.0 cm³/mol. The number of benzene rings is 1. The molecule has 1 aliphatic heterocycles. The van der Waals surface area contributed by atoms with Gasteiger partial charge in [-0.25, -0.2) is 0 Å². The third-order valence-electron chi connectivity index (χ3n) is 3.71. The summed E-state index contributed by atoms with van der Waals surface area (Å²) in [7, 11) is 1.70. The Balaban J connectivity index is 2.02. The Kier molecular flexibility index (Phi) is 3.18. The molecule has 5 heteroatoms. The number of carbonyl (C=O) groups is 1. The number of furan rings is 1. The number of aliphatic hydroxyl groups is 1. The second kappa shape index (κ2) is 4.75. The van der Waals surface area contributed by atoms with Crippen molar-refractivity contribution in [3.63, 3.8) is 0 Å². The molecular weight excluding hydrogens is 322 g/mol. The van der Waals surface area contributed by atoms with Crippen LogP contribution in [-0.4, -0.2) is 29.5 Å². The van der Waals surface area contributed by atoms with Crippen LogP contribution in [0.1, 0.15) is 12.0 Å². The maximum Gasteiger partial charge on any atom is 0.258 e. The van der Waals surface area contributed by atoms with Crippen molar-refractivity contribution in [1.82, 2.24) is 4.90 Å². The molecule has 1 aliphatic rings. The first-order chi connectivity index (χ1) is 9.50. The number of likely N-dealkylation sites (tertiary alicyclic amines) is 1. The first kappa shape index (κ1) is 13.4. The van der Waals surface area contributed by atoms with Crippen LogP contribution in [0.3, 0.4) is 0 Å². The van der Waals surface area contributed by atoms with Gasteiger partial charge >= 0.3 is 0 Å². The fourth-order valence-electron chi connectivity index (χ4n) is 2.52. The lowest BCUT2D eigenvalue weighted by Crippen LogP contribution is -2.36. The molecule has 20 heavy (non-hydrogen) atoms. The smallest absolute Gasteiger partial charge is 0.258 e. The van der Waals surface area contributed by atoms with Crippen LogP contribution in [0.2, 0.25) is 0 Å². The molecule has 1 amide bonds. The van der Waals surface area contributed by atoms with Gasteiger partial charge in [0.1, 0.15) is 5.76 Å². The van der Waals surface area contributed by atoms with Gasteiger partial charge in [0, 0.05) is 25.6 Å². The molecule has 0 spiro atoms. The van der Waals surface area contributed by atoms with Crippen molar-refractivity contribution in [2.45, 2.75) is 12.0 Å². The predicted octanol–water partition coefficient (Wildman–Crippen LogP) is 2.76. The van der Waals surface area contributed by atoms with E-state index in [-0.39, 0.29) is 5.91 Å². The zero-order valence-corrected chi connectivity index (χ0v) is 12.6. The van der Waals surface area contributed by atoms with E-state index in [1.807, 2.05) is 30.3 Å². The second-order valence-corrected chi connectivity index (χ2v) is 5.80. The summed E-state index contributed by atoms with van der Waals surface area (Å²) in [5.74, 6) is 0.441. The topological polar surface area (TPSA) is 53.7 Å². The normalized spacial score (nSPS) is 22.6. The zero-order chi connectivity index (χ0) is 14.3. The molecule has 1 aromatic heterocycles. The van der Waals surface area contributed by atoms with Gasteiger partial charge < -0.3 is 14.4 Å². The average Bonchev–Trinajstić information content (AvgIpc) is 3.00. The molecule has 4 nitrogen and oxygen atoms in total. The van der Waals surface area contributed by atoms with Crippen LogP contribution in [-0.2, 0) is 10.4 Å². The van der Waals surface area contributed by atoms with Crippen LogP contribution >= 0.6 is 15.9 Å². The van der Waals surface area contributed by atoms with Gasteiger partial charge in [-0.1, -0.05) is 18.2 Å². The van der Waals surface area contributed by atoms with Gasteiger partial charge in [-0.2, -0.15) is 0 Å². The van der Waals surface area contributed by atoms with Gasteiger partial charge in [-0.3, -0.25) is 4.79 Å².